The highest BCUT2D eigenvalue weighted by molar-refractivity contribution is 8.00. The van der Waals surface area contributed by atoms with E-state index in [9.17, 15) is 4.79 Å². The van der Waals surface area contributed by atoms with E-state index >= 15 is 0 Å². The summed E-state index contributed by atoms with van der Waals surface area (Å²) in [5.74, 6) is 0.771. The van der Waals surface area contributed by atoms with Gasteiger partial charge >= 0.3 is 0 Å². The number of anilines is 1. The lowest BCUT2D eigenvalue weighted by Crippen LogP contribution is -2.14. The molecule has 0 spiro atoms. The first kappa shape index (κ1) is 17.6. The van der Waals surface area contributed by atoms with E-state index in [0.717, 1.165) is 22.1 Å². The summed E-state index contributed by atoms with van der Waals surface area (Å²) in [6, 6.07) is 18.3. The monoisotopic (exact) mass is 369 g/mol. The lowest BCUT2D eigenvalue weighted by atomic mass is 10.1. The van der Waals surface area contributed by atoms with Crippen LogP contribution in [0.2, 0.25) is 0 Å². The maximum atomic E-state index is 12.1. The molecule has 1 amide bonds. The van der Waals surface area contributed by atoms with Gasteiger partial charge in [0.05, 0.1) is 6.42 Å². The van der Waals surface area contributed by atoms with E-state index in [1.54, 1.807) is 11.8 Å². The molecule has 25 heavy (non-hydrogen) atoms. The lowest BCUT2D eigenvalue weighted by molar-refractivity contribution is -0.115. The molecule has 0 saturated carbocycles. The van der Waals surface area contributed by atoms with E-state index in [1.165, 1.54) is 22.5 Å². The number of rotatable bonds is 7. The van der Waals surface area contributed by atoms with Gasteiger partial charge in [0.15, 0.2) is 4.34 Å². The molecule has 3 aromatic rings. The zero-order valence-corrected chi connectivity index (χ0v) is 15.6. The van der Waals surface area contributed by atoms with Crippen LogP contribution in [0.25, 0.3) is 0 Å². The third-order valence-electron chi connectivity index (χ3n) is 3.65. The second-order valence-corrected chi connectivity index (χ2v) is 7.74. The van der Waals surface area contributed by atoms with E-state index in [0.29, 0.717) is 11.6 Å². The quantitative estimate of drug-likeness (QED) is 0.489. The molecule has 0 aliphatic carbocycles. The highest BCUT2D eigenvalue weighted by Gasteiger charge is 2.09. The highest BCUT2D eigenvalue weighted by Crippen LogP contribution is 2.28. The van der Waals surface area contributed by atoms with Crippen molar-refractivity contribution in [3.8, 4) is 0 Å². The molecule has 0 saturated heterocycles. The molecule has 0 bridgehead atoms. The molecule has 0 unspecified atom stereocenters. The summed E-state index contributed by atoms with van der Waals surface area (Å²) in [5.41, 5.74) is 3.51. The Morgan fingerprint density at radius 1 is 1.00 bits per heavy atom. The smallest absolute Gasteiger partial charge is 0.230 e. The Morgan fingerprint density at radius 2 is 1.72 bits per heavy atom. The Morgan fingerprint density at radius 3 is 2.44 bits per heavy atom. The highest BCUT2D eigenvalue weighted by atomic mass is 32.2. The van der Waals surface area contributed by atoms with Crippen molar-refractivity contribution in [3.63, 3.8) is 0 Å². The summed E-state index contributed by atoms with van der Waals surface area (Å²) in [6.07, 6.45) is 1.34. The molecule has 2 aromatic carbocycles. The predicted molar refractivity (Wildman–Crippen MR) is 104 cm³/mol. The number of carbonyl (C=O) groups excluding carboxylic acids is 1. The Bertz CT molecular complexity index is 816. The van der Waals surface area contributed by atoms with E-state index in [2.05, 4.69) is 46.7 Å². The first-order valence-corrected chi connectivity index (χ1v) is 9.91. The Kier molecular flexibility index (Phi) is 6.19. The minimum Gasteiger partial charge on any atom is -0.300 e. The average molecular weight is 370 g/mol. The SMILES string of the molecule is CCc1ccc(CC(=O)Nc2nnc(SCc3ccccc3)s2)cc1. The van der Waals surface area contributed by atoms with E-state index in [-0.39, 0.29) is 5.91 Å². The Balaban J connectivity index is 1.50. The molecule has 0 fully saturated rings. The number of carbonyl (C=O) groups is 1. The molecule has 3 rings (SSSR count). The van der Waals surface area contributed by atoms with Gasteiger partial charge in [-0.15, -0.1) is 10.2 Å². The first-order valence-electron chi connectivity index (χ1n) is 8.11. The molecule has 0 aliphatic heterocycles. The topological polar surface area (TPSA) is 54.9 Å². The number of nitrogens with zero attached hydrogens (tertiary/aromatic N) is 2. The summed E-state index contributed by atoms with van der Waals surface area (Å²) in [5, 5.41) is 11.6. The van der Waals surface area contributed by atoms with Crippen molar-refractivity contribution in [1.82, 2.24) is 10.2 Å². The van der Waals surface area contributed by atoms with Crippen molar-refractivity contribution in [3.05, 3.63) is 71.3 Å². The van der Waals surface area contributed by atoms with Crippen molar-refractivity contribution >= 4 is 34.1 Å². The molecule has 0 radical (unpaired) electrons. The van der Waals surface area contributed by atoms with Gasteiger partial charge in [0.25, 0.3) is 0 Å². The average Bonchev–Trinajstić information content (AvgIpc) is 3.08. The van der Waals surface area contributed by atoms with Crippen LogP contribution in [0.5, 0.6) is 0 Å². The van der Waals surface area contributed by atoms with Crippen molar-refractivity contribution in [2.45, 2.75) is 29.9 Å². The van der Waals surface area contributed by atoms with Gasteiger partial charge in [-0.05, 0) is 23.1 Å². The molecule has 4 nitrogen and oxygen atoms in total. The number of amides is 1. The molecule has 0 atom stereocenters. The standard InChI is InChI=1S/C19H19N3OS2/c1-2-14-8-10-15(11-9-14)12-17(23)20-18-21-22-19(25-18)24-13-16-6-4-3-5-7-16/h3-11H,2,12-13H2,1H3,(H,20,21,23). The van der Waals surface area contributed by atoms with Crippen LogP contribution in [0.15, 0.2) is 58.9 Å². The summed E-state index contributed by atoms with van der Waals surface area (Å²) >= 11 is 3.03. The third-order valence-corrected chi connectivity index (χ3v) is 5.70. The minimum atomic E-state index is -0.0694. The Labute approximate surface area is 155 Å². The van der Waals surface area contributed by atoms with Crippen LogP contribution < -0.4 is 5.32 Å². The van der Waals surface area contributed by atoms with Gasteiger partial charge in [0.1, 0.15) is 0 Å². The van der Waals surface area contributed by atoms with Crippen molar-refractivity contribution < 1.29 is 4.79 Å². The zero-order valence-electron chi connectivity index (χ0n) is 13.9. The summed E-state index contributed by atoms with van der Waals surface area (Å²) < 4.78 is 0.853. The van der Waals surface area contributed by atoms with E-state index in [1.807, 2.05) is 30.3 Å². The molecule has 1 aromatic heterocycles. The summed E-state index contributed by atoms with van der Waals surface area (Å²) in [7, 11) is 0. The molecule has 1 N–H and O–H groups in total. The van der Waals surface area contributed by atoms with Gasteiger partial charge in [-0.2, -0.15) is 0 Å². The van der Waals surface area contributed by atoms with Crippen LogP contribution in [0.4, 0.5) is 5.13 Å². The second-order valence-electron chi connectivity index (χ2n) is 5.54. The van der Waals surface area contributed by atoms with Gasteiger partial charge in [0.2, 0.25) is 11.0 Å². The van der Waals surface area contributed by atoms with Crippen LogP contribution in [0, 0.1) is 0 Å². The molecule has 6 heteroatoms. The normalized spacial score (nSPS) is 10.6. The van der Waals surface area contributed by atoms with Crippen LogP contribution in [-0.2, 0) is 23.4 Å². The lowest BCUT2D eigenvalue weighted by Gasteiger charge is -2.03. The number of thioether (sulfide) groups is 1. The van der Waals surface area contributed by atoms with Gasteiger partial charge in [0, 0.05) is 5.75 Å². The van der Waals surface area contributed by atoms with E-state index < -0.39 is 0 Å². The third kappa shape index (κ3) is 5.41. The molecule has 1 heterocycles. The maximum Gasteiger partial charge on any atom is 0.230 e. The fourth-order valence-corrected chi connectivity index (χ4v) is 4.00. The van der Waals surface area contributed by atoms with E-state index in [4.69, 9.17) is 0 Å². The predicted octanol–water partition coefficient (Wildman–Crippen LogP) is 4.57. The van der Waals surface area contributed by atoms with Crippen LogP contribution in [-0.4, -0.2) is 16.1 Å². The summed E-state index contributed by atoms with van der Waals surface area (Å²) in [6.45, 7) is 2.12. The van der Waals surface area contributed by atoms with Crippen LogP contribution in [0.3, 0.4) is 0 Å². The Hall–Kier alpha value is -2.18. The summed E-state index contributed by atoms with van der Waals surface area (Å²) in [4.78, 5) is 12.1. The minimum absolute atomic E-state index is 0.0694. The molecular weight excluding hydrogens is 350 g/mol. The number of hydrogen-bond acceptors (Lipinski definition) is 5. The zero-order chi connectivity index (χ0) is 17.5. The van der Waals surface area contributed by atoms with Crippen LogP contribution >= 0.6 is 23.1 Å². The molecule has 128 valence electrons. The first-order chi connectivity index (χ1) is 12.2. The number of hydrogen-bond donors (Lipinski definition) is 1. The van der Waals surface area contributed by atoms with Crippen LogP contribution in [0.1, 0.15) is 23.6 Å². The number of aromatic nitrogens is 2. The molecular formula is C19H19N3OS2. The maximum absolute atomic E-state index is 12.1. The largest absolute Gasteiger partial charge is 0.300 e. The second kappa shape index (κ2) is 8.78. The fraction of sp³-hybridized carbons (Fsp3) is 0.211. The van der Waals surface area contributed by atoms with Gasteiger partial charge in [-0.25, -0.2) is 0 Å². The van der Waals surface area contributed by atoms with Crippen molar-refractivity contribution in [2.24, 2.45) is 0 Å². The number of nitrogens with one attached hydrogen (secondary N) is 1. The number of aryl methyl sites for hydroxylation is 1. The van der Waals surface area contributed by atoms with Gasteiger partial charge < -0.3 is 5.32 Å². The fourth-order valence-electron chi connectivity index (χ4n) is 2.28. The van der Waals surface area contributed by atoms with Gasteiger partial charge in [-0.3, -0.25) is 4.79 Å². The van der Waals surface area contributed by atoms with Gasteiger partial charge in [-0.1, -0.05) is 84.6 Å². The van der Waals surface area contributed by atoms with Crippen molar-refractivity contribution in [2.75, 3.05) is 5.32 Å². The number of benzene rings is 2. The van der Waals surface area contributed by atoms with Crippen molar-refractivity contribution in [1.29, 1.82) is 0 Å². The molecule has 0 aliphatic rings.